The molecule has 1 aliphatic carbocycles. The van der Waals surface area contributed by atoms with E-state index in [9.17, 15) is 4.79 Å². The van der Waals surface area contributed by atoms with E-state index in [1.165, 1.54) is 19.2 Å². The van der Waals surface area contributed by atoms with Crippen molar-refractivity contribution in [3.8, 4) is 0 Å². The first-order valence-electron chi connectivity index (χ1n) is 7.50. The molecule has 1 aliphatic heterocycles. The predicted octanol–water partition coefficient (Wildman–Crippen LogP) is 1.36. The summed E-state index contributed by atoms with van der Waals surface area (Å²) < 4.78 is 1.85. The Kier molecular flexibility index (Phi) is 2.98. The van der Waals surface area contributed by atoms with Gasteiger partial charge in [-0.1, -0.05) is 0 Å². The lowest BCUT2D eigenvalue weighted by molar-refractivity contribution is 0.0666. The Balaban J connectivity index is 1.47. The lowest BCUT2D eigenvalue weighted by Crippen LogP contribution is -2.41. The highest BCUT2D eigenvalue weighted by atomic mass is 16.2. The van der Waals surface area contributed by atoms with Gasteiger partial charge in [-0.15, -0.1) is 0 Å². The molecule has 0 aromatic carbocycles. The van der Waals surface area contributed by atoms with Crippen molar-refractivity contribution in [1.29, 1.82) is 0 Å². The van der Waals surface area contributed by atoms with Crippen LogP contribution in [0.3, 0.4) is 0 Å². The molecule has 2 aromatic rings. The standard InChI is InChI=1S/C14H18N6O/c21-14(13-6-12(17-18-13)10-3-4-10)19-5-1-2-11(7-19)20-9-15-8-16-20/h6,8-11H,1-5,7H2,(H,17,18)/t11-/m0/s1. The third kappa shape index (κ3) is 2.43. The fourth-order valence-corrected chi connectivity index (χ4v) is 2.97. The zero-order valence-electron chi connectivity index (χ0n) is 11.8. The summed E-state index contributed by atoms with van der Waals surface area (Å²) >= 11 is 0. The molecule has 0 spiro atoms. The number of carbonyl (C=O) groups is 1. The molecule has 4 rings (SSSR count). The number of likely N-dealkylation sites (tertiary alicyclic amines) is 1. The summed E-state index contributed by atoms with van der Waals surface area (Å²) in [5.74, 6) is 0.603. The summed E-state index contributed by atoms with van der Waals surface area (Å²) in [6.45, 7) is 1.46. The molecular formula is C14H18N6O. The molecule has 7 nitrogen and oxygen atoms in total. The van der Waals surface area contributed by atoms with Crippen molar-refractivity contribution in [2.75, 3.05) is 13.1 Å². The van der Waals surface area contributed by atoms with Crippen LogP contribution in [0.5, 0.6) is 0 Å². The average Bonchev–Trinajstić information content (AvgIpc) is 3.05. The van der Waals surface area contributed by atoms with E-state index in [1.807, 2.05) is 15.6 Å². The van der Waals surface area contributed by atoms with Crippen LogP contribution in [0.2, 0.25) is 0 Å². The maximum absolute atomic E-state index is 12.6. The lowest BCUT2D eigenvalue weighted by Gasteiger charge is -2.32. The number of aromatic amines is 1. The van der Waals surface area contributed by atoms with E-state index in [-0.39, 0.29) is 11.9 Å². The van der Waals surface area contributed by atoms with Crippen LogP contribution < -0.4 is 0 Å². The van der Waals surface area contributed by atoms with E-state index < -0.39 is 0 Å². The number of carbonyl (C=O) groups excluding carboxylic acids is 1. The van der Waals surface area contributed by atoms with Crippen molar-refractivity contribution in [2.45, 2.75) is 37.6 Å². The smallest absolute Gasteiger partial charge is 0.274 e. The molecule has 7 heteroatoms. The summed E-state index contributed by atoms with van der Waals surface area (Å²) in [6.07, 6.45) is 7.67. The average molecular weight is 286 g/mol. The van der Waals surface area contributed by atoms with Gasteiger partial charge in [-0.25, -0.2) is 9.67 Å². The molecule has 1 saturated carbocycles. The molecule has 2 fully saturated rings. The molecule has 0 unspecified atom stereocenters. The van der Waals surface area contributed by atoms with Crippen molar-refractivity contribution in [3.05, 3.63) is 30.1 Å². The number of rotatable bonds is 3. The molecule has 1 saturated heterocycles. The van der Waals surface area contributed by atoms with Crippen molar-refractivity contribution < 1.29 is 4.79 Å². The summed E-state index contributed by atoms with van der Waals surface area (Å²) in [5.41, 5.74) is 1.64. The highest BCUT2D eigenvalue weighted by Gasteiger charge is 2.30. The van der Waals surface area contributed by atoms with Gasteiger partial charge in [-0.2, -0.15) is 10.2 Å². The molecule has 0 radical (unpaired) electrons. The highest BCUT2D eigenvalue weighted by Crippen LogP contribution is 2.39. The number of piperidine rings is 1. The minimum absolute atomic E-state index is 0.0166. The fourth-order valence-electron chi connectivity index (χ4n) is 2.97. The van der Waals surface area contributed by atoms with Crippen LogP contribution in [-0.4, -0.2) is 48.9 Å². The normalized spacial score (nSPS) is 22.5. The quantitative estimate of drug-likeness (QED) is 0.923. The van der Waals surface area contributed by atoms with Gasteiger partial charge in [-0.05, 0) is 31.7 Å². The molecule has 110 valence electrons. The zero-order chi connectivity index (χ0) is 14.2. The van der Waals surface area contributed by atoms with Crippen molar-refractivity contribution in [2.24, 2.45) is 0 Å². The first kappa shape index (κ1) is 12.6. The van der Waals surface area contributed by atoms with Gasteiger partial charge in [-0.3, -0.25) is 9.89 Å². The topological polar surface area (TPSA) is 79.7 Å². The molecule has 0 bridgehead atoms. The predicted molar refractivity (Wildman–Crippen MR) is 74.8 cm³/mol. The minimum Gasteiger partial charge on any atom is -0.335 e. The van der Waals surface area contributed by atoms with Crippen LogP contribution in [-0.2, 0) is 0 Å². The maximum atomic E-state index is 12.6. The van der Waals surface area contributed by atoms with Gasteiger partial charge in [0.1, 0.15) is 18.3 Å². The van der Waals surface area contributed by atoms with E-state index in [1.54, 1.807) is 6.33 Å². The molecular weight excluding hydrogens is 268 g/mol. The second-order valence-corrected chi connectivity index (χ2v) is 5.91. The number of nitrogens with one attached hydrogen (secondary N) is 1. The second kappa shape index (κ2) is 4.98. The summed E-state index contributed by atoms with van der Waals surface area (Å²) in [6, 6.07) is 2.13. The van der Waals surface area contributed by atoms with Crippen LogP contribution in [0.15, 0.2) is 18.7 Å². The van der Waals surface area contributed by atoms with Gasteiger partial charge >= 0.3 is 0 Å². The molecule has 1 N–H and O–H groups in total. The highest BCUT2D eigenvalue weighted by molar-refractivity contribution is 5.92. The zero-order valence-corrected chi connectivity index (χ0v) is 11.8. The number of aromatic nitrogens is 5. The van der Waals surface area contributed by atoms with E-state index in [4.69, 9.17) is 0 Å². The molecule has 1 amide bonds. The van der Waals surface area contributed by atoms with Crippen molar-refractivity contribution in [3.63, 3.8) is 0 Å². The monoisotopic (exact) mass is 286 g/mol. The van der Waals surface area contributed by atoms with E-state index >= 15 is 0 Å². The van der Waals surface area contributed by atoms with E-state index in [0.717, 1.165) is 25.1 Å². The summed E-state index contributed by atoms with van der Waals surface area (Å²) in [7, 11) is 0. The van der Waals surface area contributed by atoms with Crippen molar-refractivity contribution >= 4 is 5.91 Å². The SMILES string of the molecule is O=C(c1cc(C2CC2)[nH]n1)N1CCC[C@H](n2cncn2)C1. The Labute approximate surface area is 122 Å². The van der Waals surface area contributed by atoms with Gasteiger partial charge in [0, 0.05) is 24.7 Å². The van der Waals surface area contributed by atoms with Gasteiger partial charge in [0.15, 0.2) is 0 Å². The minimum atomic E-state index is 0.0166. The van der Waals surface area contributed by atoms with Gasteiger partial charge in [0.2, 0.25) is 0 Å². The van der Waals surface area contributed by atoms with Crippen LogP contribution in [0.25, 0.3) is 0 Å². The van der Waals surface area contributed by atoms with Crippen molar-refractivity contribution in [1.82, 2.24) is 29.9 Å². The number of nitrogens with zero attached hydrogens (tertiary/aromatic N) is 5. The third-order valence-electron chi connectivity index (χ3n) is 4.33. The number of hydrogen-bond acceptors (Lipinski definition) is 4. The first-order chi connectivity index (χ1) is 10.3. The molecule has 2 aliphatic rings. The Morgan fingerprint density at radius 1 is 1.33 bits per heavy atom. The van der Waals surface area contributed by atoms with Gasteiger partial charge < -0.3 is 4.90 Å². The number of H-pyrrole nitrogens is 1. The number of amides is 1. The maximum Gasteiger partial charge on any atom is 0.274 e. The molecule has 1 atom stereocenters. The molecule has 21 heavy (non-hydrogen) atoms. The second-order valence-electron chi connectivity index (χ2n) is 5.91. The van der Waals surface area contributed by atoms with E-state index in [0.29, 0.717) is 18.2 Å². The summed E-state index contributed by atoms with van der Waals surface area (Å²) in [5, 5.41) is 11.4. The van der Waals surface area contributed by atoms with Crippen LogP contribution in [0.1, 0.15) is 53.8 Å². The largest absolute Gasteiger partial charge is 0.335 e. The van der Waals surface area contributed by atoms with Crippen LogP contribution in [0, 0.1) is 0 Å². The summed E-state index contributed by atoms with van der Waals surface area (Å²) in [4.78, 5) is 18.4. The molecule has 3 heterocycles. The van der Waals surface area contributed by atoms with Crippen LogP contribution >= 0.6 is 0 Å². The van der Waals surface area contributed by atoms with Gasteiger partial charge in [0.25, 0.3) is 5.91 Å². The Morgan fingerprint density at radius 3 is 3.00 bits per heavy atom. The first-order valence-corrected chi connectivity index (χ1v) is 7.50. The Hall–Kier alpha value is -2.18. The van der Waals surface area contributed by atoms with Crippen LogP contribution in [0.4, 0.5) is 0 Å². The molecule has 2 aromatic heterocycles. The number of hydrogen-bond donors (Lipinski definition) is 1. The Morgan fingerprint density at radius 2 is 2.24 bits per heavy atom. The Bertz CT molecular complexity index is 630. The van der Waals surface area contributed by atoms with Gasteiger partial charge in [0.05, 0.1) is 6.04 Å². The fraction of sp³-hybridized carbons (Fsp3) is 0.571. The lowest BCUT2D eigenvalue weighted by atomic mass is 10.1. The third-order valence-corrected chi connectivity index (χ3v) is 4.33. The van der Waals surface area contributed by atoms with E-state index in [2.05, 4.69) is 20.3 Å².